The van der Waals surface area contributed by atoms with Crippen molar-refractivity contribution >= 4 is 32.7 Å². The van der Waals surface area contributed by atoms with E-state index in [9.17, 15) is 0 Å². The maximum absolute atomic E-state index is 6.47. The van der Waals surface area contributed by atoms with E-state index >= 15 is 0 Å². The number of aryl methyl sites for hydroxylation is 1. The largest absolute Gasteiger partial charge is 0.456 e. The van der Waals surface area contributed by atoms with Crippen LogP contribution in [-0.4, -0.2) is 4.98 Å². The van der Waals surface area contributed by atoms with Crippen molar-refractivity contribution in [2.45, 2.75) is 46.0 Å². The van der Waals surface area contributed by atoms with Gasteiger partial charge in [-0.3, -0.25) is 4.98 Å². The number of nitrogens with zero attached hydrogens (tertiary/aromatic N) is 1. The minimum absolute atomic E-state index is 0.185. The van der Waals surface area contributed by atoms with Crippen LogP contribution in [0.3, 0.4) is 0 Å². The van der Waals surface area contributed by atoms with Gasteiger partial charge in [-0.15, -0.1) is 0 Å². The first-order valence-electron chi connectivity index (χ1n) is 10.8. The molecule has 1 aliphatic rings. The molecule has 0 spiro atoms. The fourth-order valence-corrected chi connectivity index (χ4v) is 5.47. The van der Waals surface area contributed by atoms with Crippen LogP contribution in [0, 0.1) is 6.92 Å². The molecule has 30 heavy (non-hydrogen) atoms. The van der Waals surface area contributed by atoms with Crippen molar-refractivity contribution in [2.75, 3.05) is 0 Å². The number of benzene rings is 3. The number of rotatable bonds is 1. The molecule has 0 radical (unpaired) electrons. The Labute approximate surface area is 176 Å². The number of hydrogen-bond donors (Lipinski definition) is 0. The van der Waals surface area contributed by atoms with E-state index in [0.717, 1.165) is 22.2 Å². The maximum Gasteiger partial charge on any atom is 0.139 e. The summed E-state index contributed by atoms with van der Waals surface area (Å²) >= 11 is 0. The summed E-state index contributed by atoms with van der Waals surface area (Å²) < 4.78 is 6.47. The first kappa shape index (κ1) is 17.7. The zero-order chi connectivity index (χ0) is 20.8. The lowest BCUT2D eigenvalue weighted by Crippen LogP contribution is -2.20. The normalized spacial score (nSPS) is 14.7. The molecular formula is C28H25NO. The Bertz CT molecular complexity index is 1500. The Morgan fingerprint density at radius 3 is 2.57 bits per heavy atom. The van der Waals surface area contributed by atoms with Crippen LogP contribution in [0.2, 0.25) is 0 Å². The van der Waals surface area contributed by atoms with Crippen LogP contribution in [0.15, 0.2) is 59.1 Å². The van der Waals surface area contributed by atoms with Gasteiger partial charge in [0.25, 0.3) is 0 Å². The molecular weight excluding hydrogens is 366 g/mol. The predicted octanol–water partition coefficient (Wildman–Crippen LogP) is 7.87. The zero-order valence-corrected chi connectivity index (χ0v) is 18.1. The van der Waals surface area contributed by atoms with Gasteiger partial charge in [0.2, 0.25) is 0 Å². The highest BCUT2D eigenvalue weighted by molar-refractivity contribution is 6.16. The summed E-state index contributed by atoms with van der Waals surface area (Å²) in [6, 6.07) is 17.9. The SMILES string of the molecule is Cc1ccc2c3c(ccc2c1)-c1nccc2oc4c(C(C)C)ccc(c4c12)C3(C)C. The van der Waals surface area contributed by atoms with E-state index in [1.807, 2.05) is 12.3 Å². The van der Waals surface area contributed by atoms with Gasteiger partial charge in [0.05, 0.1) is 11.1 Å². The van der Waals surface area contributed by atoms with Gasteiger partial charge in [-0.05, 0) is 46.4 Å². The van der Waals surface area contributed by atoms with Gasteiger partial charge in [0.1, 0.15) is 11.2 Å². The molecule has 0 saturated heterocycles. The van der Waals surface area contributed by atoms with E-state index in [1.54, 1.807) is 0 Å². The van der Waals surface area contributed by atoms with E-state index in [4.69, 9.17) is 9.40 Å². The predicted molar refractivity (Wildman–Crippen MR) is 125 cm³/mol. The van der Waals surface area contributed by atoms with Crippen molar-refractivity contribution < 1.29 is 4.42 Å². The lowest BCUT2D eigenvalue weighted by atomic mass is 9.73. The lowest BCUT2D eigenvalue weighted by Gasteiger charge is -2.30. The minimum atomic E-state index is -0.185. The van der Waals surface area contributed by atoms with E-state index in [2.05, 4.69) is 77.1 Å². The third-order valence-electron chi connectivity index (χ3n) is 6.91. The average Bonchev–Trinajstić information content (AvgIpc) is 3.07. The van der Waals surface area contributed by atoms with Crippen molar-refractivity contribution in [1.29, 1.82) is 0 Å². The molecule has 3 aromatic carbocycles. The molecule has 0 atom stereocenters. The number of fused-ring (bicyclic) bond motifs is 4. The van der Waals surface area contributed by atoms with E-state index in [-0.39, 0.29) is 5.41 Å². The molecule has 2 aromatic heterocycles. The lowest BCUT2D eigenvalue weighted by molar-refractivity contribution is 0.641. The summed E-state index contributed by atoms with van der Waals surface area (Å²) in [6.45, 7) is 11.3. The molecule has 2 heteroatoms. The van der Waals surface area contributed by atoms with Crippen LogP contribution < -0.4 is 0 Å². The van der Waals surface area contributed by atoms with Crippen LogP contribution in [0.5, 0.6) is 0 Å². The molecule has 0 bridgehead atoms. The summed E-state index contributed by atoms with van der Waals surface area (Å²) in [4.78, 5) is 4.90. The van der Waals surface area contributed by atoms with Crippen molar-refractivity contribution in [3.8, 4) is 11.3 Å². The second kappa shape index (κ2) is 5.72. The Hall–Kier alpha value is -3.13. The summed E-state index contributed by atoms with van der Waals surface area (Å²) in [5.41, 5.74) is 9.24. The number of furan rings is 1. The molecule has 5 aromatic rings. The van der Waals surface area contributed by atoms with Gasteiger partial charge in [0, 0.05) is 22.6 Å². The van der Waals surface area contributed by atoms with Gasteiger partial charge >= 0.3 is 0 Å². The second-order valence-corrected chi connectivity index (χ2v) is 9.53. The van der Waals surface area contributed by atoms with Crippen molar-refractivity contribution in [2.24, 2.45) is 0 Å². The Kier molecular flexibility index (Phi) is 3.38. The zero-order valence-electron chi connectivity index (χ0n) is 18.1. The van der Waals surface area contributed by atoms with E-state index < -0.39 is 0 Å². The Morgan fingerprint density at radius 1 is 0.933 bits per heavy atom. The first-order chi connectivity index (χ1) is 14.4. The molecule has 0 unspecified atom stereocenters. The quantitative estimate of drug-likeness (QED) is 0.290. The highest BCUT2D eigenvalue weighted by Gasteiger charge is 2.36. The van der Waals surface area contributed by atoms with E-state index in [1.165, 1.54) is 44.0 Å². The first-order valence-corrected chi connectivity index (χ1v) is 10.8. The highest BCUT2D eigenvalue weighted by atomic mass is 16.3. The van der Waals surface area contributed by atoms with Crippen LogP contribution in [-0.2, 0) is 5.41 Å². The van der Waals surface area contributed by atoms with Crippen LogP contribution in [0.4, 0.5) is 0 Å². The molecule has 2 heterocycles. The van der Waals surface area contributed by atoms with E-state index in [0.29, 0.717) is 5.92 Å². The molecule has 0 fully saturated rings. The summed E-state index contributed by atoms with van der Waals surface area (Å²) in [6.07, 6.45) is 1.89. The van der Waals surface area contributed by atoms with Gasteiger partial charge in [-0.25, -0.2) is 0 Å². The van der Waals surface area contributed by atoms with Crippen LogP contribution >= 0.6 is 0 Å². The summed E-state index contributed by atoms with van der Waals surface area (Å²) in [7, 11) is 0. The second-order valence-electron chi connectivity index (χ2n) is 9.53. The van der Waals surface area contributed by atoms with Gasteiger partial charge in [0.15, 0.2) is 0 Å². The van der Waals surface area contributed by atoms with Crippen molar-refractivity contribution in [1.82, 2.24) is 4.98 Å². The summed E-state index contributed by atoms with van der Waals surface area (Å²) in [5, 5.41) is 4.99. The Balaban J connectivity index is 1.89. The minimum Gasteiger partial charge on any atom is -0.456 e. The number of aromatic nitrogens is 1. The van der Waals surface area contributed by atoms with Crippen LogP contribution in [0.1, 0.15) is 55.9 Å². The van der Waals surface area contributed by atoms with Gasteiger partial charge < -0.3 is 4.42 Å². The number of pyridine rings is 1. The molecule has 6 rings (SSSR count). The highest BCUT2D eigenvalue weighted by Crippen LogP contribution is 2.51. The van der Waals surface area contributed by atoms with Gasteiger partial charge in [-0.1, -0.05) is 75.7 Å². The number of hydrogen-bond acceptors (Lipinski definition) is 2. The molecule has 0 N–H and O–H groups in total. The molecule has 148 valence electrons. The monoisotopic (exact) mass is 391 g/mol. The van der Waals surface area contributed by atoms with Crippen molar-refractivity contribution in [3.63, 3.8) is 0 Å². The third kappa shape index (κ3) is 2.11. The maximum atomic E-state index is 6.47. The fourth-order valence-electron chi connectivity index (χ4n) is 5.47. The topological polar surface area (TPSA) is 26.0 Å². The Morgan fingerprint density at radius 2 is 1.77 bits per heavy atom. The molecule has 0 saturated carbocycles. The van der Waals surface area contributed by atoms with Crippen LogP contribution in [0.25, 0.3) is 44.0 Å². The molecule has 1 aliphatic carbocycles. The average molecular weight is 392 g/mol. The third-order valence-corrected chi connectivity index (χ3v) is 6.91. The summed E-state index contributed by atoms with van der Waals surface area (Å²) in [5.74, 6) is 0.397. The molecule has 2 nitrogen and oxygen atoms in total. The fraction of sp³-hybridized carbons (Fsp3) is 0.250. The molecule has 0 aliphatic heterocycles. The smallest absolute Gasteiger partial charge is 0.139 e. The van der Waals surface area contributed by atoms with Gasteiger partial charge in [-0.2, -0.15) is 0 Å². The standard InChI is InChI=1S/C28H25NO/c1-15(2)18-10-11-21-23-24-22(30-27(18)23)12-13-29-26(24)20-9-7-17-14-16(3)6-8-19(17)25(20)28(21,4)5/h6-15H,1-5H3. The van der Waals surface area contributed by atoms with Crippen molar-refractivity contribution in [3.05, 3.63) is 77.0 Å². The molecule has 0 amide bonds.